The van der Waals surface area contributed by atoms with Crippen molar-refractivity contribution in [1.29, 1.82) is 0 Å². The van der Waals surface area contributed by atoms with Crippen molar-refractivity contribution in [3.05, 3.63) is 53.8 Å². The molecule has 1 N–H and O–H groups in total. The van der Waals surface area contributed by atoms with Gasteiger partial charge in [0.25, 0.3) is 0 Å². The molecule has 2 aromatic carbocycles. The Morgan fingerprint density at radius 1 is 1.16 bits per heavy atom. The Bertz CT molecular complexity index is 704. The minimum atomic E-state index is -0.253. The van der Waals surface area contributed by atoms with E-state index in [-0.39, 0.29) is 5.82 Å². The molecule has 3 aromatic rings. The highest BCUT2D eigenvalue weighted by Crippen LogP contribution is 2.28. The average molecular weight is 272 g/mol. The molecule has 0 bridgehead atoms. The van der Waals surface area contributed by atoms with Gasteiger partial charge in [-0.1, -0.05) is 30.4 Å². The molecular weight excluding hydrogens is 259 g/mol. The number of nitrogens with one attached hydrogen (secondary N) is 1. The van der Waals surface area contributed by atoms with Crippen molar-refractivity contribution in [2.24, 2.45) is 0 Å². The van der Waals surface area contributed by atoms with E-state index in [9.17, 15) is 4.39 Å². The van der Waals surface area contributed by atoms with Crippen molar-refractivity contribution in [3.63, 3.8) is 0 Å². The summed E-state index contributed by atoms with van der Waals surface area (Å²) in [5.41, 5.74) is 2.99. The topological polar surface area (TPSA) is 24.9 Å². The Balaban J connectivity index is 1.87. The van der Waals surface area contributed by atoms with Gasteiger partial charge in [0.2, 0.25) is 0 Å². The van der Waals surface area contributed by atoms with E-state index in [4.69, 9.17) is 0 Å². The normalized spacial score (nSPS) is 10.8. The molecule has 4 heteroatoms. The van der Waals surface area contributed by atoms with Crippen molar-refractivity contribution < 1.29 is 4.39 Å². The van der Waals surface area contributed by atoms with E-state index < -0.39 is 0 Å². The Labute approximate surface area is 114 Å². The molecule has 3 rings (SSSR count). The van der Waals surface area contributed by atoms with Crippen LogP contribution in [0.5, 0.6) is 0 Å². The van der Waals surface area contributed by atoms with E-state index in [0.29, 0.717) is 5.52 Å². The number of thiazole rings is 1. The van der Waals surface area contributed by atoms with Crippen LogP contribution in [0.15, 0.2) is 42.5 Å². The molecule has 0 atom stereocenters. The molecule has 0 aliphatic carbocycles. The number of aromatic nitrogens is 1. The molecule has 0 saturated heterocycles. The Morgan fingerprint density at radius 3 is 2.68 bits per heavy atom. The summed E-state index contributed by atoms with van der Waals surface area (Å²) in [5, 5.41) is 4.03. The maximum Gasteiger partial charge on any atom is 0.188 e. The van der Waals surface area contributed by atoms with Crippen LogP contribution in [0.1, 0.15) is 12.5 Å². The molecule has 96 valence electrons. The predicted octanol–water partition coefficient (Wildman–Crippen LogP) is 4.74. The standard InChI is InChI=1S/C15H13FN2S/c1-2-10-3-6-12(7-4-10)17-15-18-13-9-11(16)5-8-14(13)19-15/h3-9H,2H2,1H3,(H,17,18). The van der Waals surface area contributed by atoms with Crippen molar-refractivity contribution in [2.45, 2.75) is 13.3 Å². The van der Waals surface area contributed by atoms with Gasteiger partial charge in [-0.2, -0.15) is 0 Å². The first-order chi connectivity index (χ1) is 9.24. The van der Waals surface area contributed by atoms with Crippen molar-refractivity contribution in [2.75, 3.05) is 5.32 Å². The van der Waals surface area contributed by atoms with Gasteiger partial charge in [-0.05, 0) is 36.2 Å². The third-order valence-electron chi connectivity index (χ3n) is 2.96. The maximum absolute atomic E-state index is 13.1. The monoisotopic (exact) mass is 272 g/mol. The average Bonchev–Trinajstić information content (AvgIpc) is 2.81. The number of fused-ring (bicyclic) bond motifs is 1. The first-order valence-electron chi connectivity index (χ1n) is 6.16. The van der Waals surface area contributed by atoms with Gasteiger partial charge in [0.1, 0.15) is 5.82 Å². The highest BCUT2D eigenvalue weighted by atomic mass is 32.1. The second kappa shape index (κ2) is 4.97. The van der Waals surface area contributed by atoms with Crippen molar-refractivity contribution >= 4 is 32.4 Å². The minimum absolute atomic E-state index is 0.253. The molecule has 0 spiro atoms. The number of rotatable bonds is 3. The van der Waals surface area contributed by atoms with Gasteiger partial charge >= 0.3 is 0 Å². The van der Waals surface area contributed by atoms with Crippen LogP contribution in [0, 0.1) is 5.82 Å². The lowest BCUT2D eigenvalue weighted by Crippen LogP contribution is -1.89. The third kappa shape index (κ3) is 2.58. The van der Waals surface area contributed by atoms with Crippen molar-refractivity contribution in [3.8, 4) is 0 Å². The van der Waals surface area contributed by atoms with E-state index in [1.807, 2.05) is 12.1 Å². The summed E-state index contributed by atoms with van der Waals surface area (Å²) in [6.07, 6.45) is 1.03. The van der Waals surface area contributed by atoms with Crippen LogP contribution in [-0.4, -0.2) is 4.98 Å². The molecule has 19 heavy (non-hydrogen) atoms. The molecule has 0 amide bonds. The first-order valence-corrected chi connectivity index (χ1v) is 6.98. The number of anilines is 2. The molecule has 0 saturated carbocycles. The summed E-state index contributed by atoms with van der Waals surface area (Å²) in [5.74, 6) is -0.253. The van der Waals surface area contributed by atoms with E-state index >= 15 is 0 Å². The molecule has 0 unspecified atom stereocenters. The van der Waals surface area contributed by atoms with Gasteiger partial charge in [0, 0.05) is 11.8 Å². The fourth-order valence-electron chi connectivity index (χ4n) is 1.90. The summed E-state index contributed by atoms with van der Waals surface area (Å²) in [7, 11) is 0. The fourth-order valence-corrected chi connectivity index (χ4v) is 2.77. The largest absolute Gasteiger partial charge is 0.332 e. The Morgan fingerprint density at radius 2 is 1.95 bits per heavy atom. The molecule has 0 aliphatic heterocycles. The molecule has 1 aromatic heterocycles. The van der Waals surface area contributed by atoms with Crippen LogP contribution in [0.2, 0.25) is 0 Å². The first kappa shape index (κ1) is 12.1. The van der Waals surface area contributed by atoms with E-state index in [1.165, 1.54) is 29.0 Å². The van der Waals surface area contributed by atoms with Crippen LogP contribution in [0.3, 0.4) is 0 Å². The third-order valence-corrected chi connectivity index (χ3v) is 3.91. The second-order valence-corrected chi connectivity index (χ2v) is 5.34. The lowest BCUT2D eigenvalue weighted by atomic mass is 10.1. The molecule has 0 aliphatic rings. The molecular formula is C15H13FN2S. The van der Waals surface area contributed by atoms with Crippen LogP contribution in [0.25, 0.3) is 10.2 Å². The van der Waals surface area contributed by atoms with E-state index in [0.717, 1.165) is 21.9 Å². The quantitative estimate of drug-likeness (QED) is 0.744. The van der Waals surface area contributed by atoms with Gasteiger partial charge in [-0.25, -0.2) is 9.37 Å². The number of benzene rings is 2. The zero-order valence-corrected chi connectivity index (χ0v) is 11.3. The molecule has 1 heterocycles. The van der Waals surface area contributed by atoms with E-state index in [2.05, 4.69) is 29.4 Å². The number of aryl methyl sites for hydroxylation is 1. The number of halogens is 1. The summed E-state index contributed by atoms with van der Waals surface area (Å²) < 4.78 is 14.1. The summed E-state index contributed by atoms with van der Waals surface area (Å²) in [6.45, 7) is 2.13. The maximum atomic E-state index is 13.1. The van der Waals surface area contributed by atoms with Gasteiger partial charge in [0.05, 0.1) is 10.2 Å². The lowest BCUT2D eigenvalue weighted by Gasteiger charge is -2.03. The molecule has 0 radical (unpaired) electrons. The zero-order valence-electron chi connectivity index (χ0n) is 10.5. The number of nitrogens with zero attached hydrogens (tertiary/aromatic N) is 1. The molecule has 2 nitrogen and oxygen atoms in total. The van der Waals surface area contributed by atoms with E-state index in [1.54, 1.807) is 6.07 Å². The lowest BCUT2D eigenvalue weighted by molar-refractivity contribution is 0.629. The fraction of sp³-hybridized carbons (Fsp3) is 0.133. The highest BCUT2D eigenvalue weighted by molar-refractivity contribution is 7.22. The summed E-state index contributed by atoms with van der Waals surface area (Å²) in [6, 6.07) is 12.9. The number of hydrogen-bond acceptors (Lipinski definition) is 3. The van der Waals surface area contributed by atoms with Gasteiger partial charge in [-0.15, -0.1) is 0 Å². The van der Waals surface area contributed by atoms with Crippen LogP contribution >= 0.6 is 11.3 Å². The zero-order chi connectivity index (χ0) is 13.2. The Kier molecular flexibility index (Phi) is 3.17. The Hall–Kier alpha value is -1.94. The van der Waals surface area contributed by atoms with Crippen LogP contribution in [0.4, 0.5) is 15.2 Å². The van der Waals surface area contributed by atoms with Crippen molar-refractivity contribution in [1.82, 2.24) is 4.98 Å². The van der Waals surface area contributed by atoms with Gasteiger partial charge in [0.15, 0.2) is 5.13 Å². The second-order valence-electron chi connectivity index (χ2n) is 4.31. The predicted molar refractivity (Wildman–Crippen MR) is 78.7 cm³/mol. The minimum Gasteiger partial charge on any atom is -0.332 e. The summed E-state index contributed by atoms with van der Waals surface area (Å²) >= 11 is 1.52. The van der Waals surface area contributed by atoms with Crippen LogP contribution in [-0.2, 0) is 6.42 Å². The SMILES string of the molecule is CCc1ccc(Nc2nc3cc(F)ccc3s2)cc1. The smallest absolute Gasteiger partial charge is 0.188 e. The van der Waals surface area contributed by atoms with Gasteiger partial charge < -0.3 is 5.32 Å². The van der Waals surface area contributed by atoms with Gasteiger partial charge in [-0.3, -0.25) is 0 Å². The highest BCUT2D eigenvalue weighted by Gasteiger charge is 2.05. The van der Waals surface area contributed by atoms with Crippen LogP contribution < -0.4 is 5.32 Å². The summed E-state index contributed by atoms with van der Waals surface area (Å²) in [4.78, 5) is 4.38. The molecule has 0 fully saturated rings. The number of hydrogen-bond donors (Lipinski definition) is 1.